The molecular formula is C15H30N3O+. The smallest absolute Gasteiger partial charge is 0.270 e. The molecule has 0 unspecified atom stereocenters. The van der Waals surface area contributed by atoms with Gasteiger partial charge in [0, 0.05) is 6.04 Å². The van der Waals surface area contributed by atoms with Crippen molar-refractivity contribution in [1.82, 2.24) is 9.88 Å². The Morgan fingerprint density at radius 3 is 2.74 bits per heavy atom. The van der Waals surface area contributed by atoms with Crippen LogP contribution in [0, 0.1) is 5.92 Å². The fraction of sp³-hybridized carbons (Fsp3) is 0.800. The summed E-state index contributed by atoms with van der Waals surface area (Å²) in [7, 11) is 2.08. The highest BCUT2D eigenvalue weighted by Gasteiger charge is 2.16. The van der Waals surface area contributed by atoms with Crippen LogP contribution >= 0.6 is 0 Å². The van der Waals surface area contributed by atoms with Gasteiger partial charge in [0.15, 0.2) is 0 Å². The molecule has 0 fully saturated rings. The third kappa shape index (κ3) is 5.33. The van der Waals surface area contributed by atoms with Crippen molar-refractivity contribution in [1.29, 1.82) is 0 Å². The van der Waals surface area contributed by atoms with Crippen LogP contribution in [-0.2, 0) is 20.1 Å². The zero-order valence-electron chi connectivity index (χ0n) is 12.9. The molecule has 1 aromatic heterocycles. The third-order valence-electron chi connectivity index (χ3n) is 3.49. The highest BCUT2D eigenvalue weighted by Crippen LogP contribution is 2.05. The van der Waals surface area contributed by atoms with E-state index in [4.69, 9.17) is 0 Å². The fourth-order valence-corrected chi connectivity index (χ4v) is 2.34. The van der Waals surface area contributed by atoms with Crippen molar-refractivity contribution in [2.75, 3.05) is 6.61 Å². The van der Waals surface area contributed by atoms with Crippen LogP contribution in [0.1, 0.15) is 45.9 Å². The van der Waals surface area contributed by atoms with Gasteiger partial charge in [0.1, 0.15) is 12.4 Å². The summed E-state index contributed by atoms with van der Waals surface area (Å²) >= 11 is 0. The molecule has 19 heavy (non-hydrogen) atoms. The molecule has 0 aliphatic rings. The molecule has 0 saturated carbocycles. The lowest BCUT2D eigenvalue weighted by atomic mass is 10.0. The van der Waals surface area contributed by atoms with E-state index in [1.807, 2.05) is 0 Å². The van der Waals surface area contributed by atoms with Gasteiger partial charge in [-0.25, -0.2) is 9.13 Å². The summed E-state index contributed by atoms with van der Waals surface area (Å²) < 4.78 is 4.47. The van der Waals surface area contributed by atoms with Gasteiger partial charge in [-0.15, -0.1) is 0 Å². The maximum atomic E-state index is 9.41. The monoisotopic (exact) mass is 268 g/mol. The zero-order valence-corrected chi connectivity index (χ0v) is 12.9. The van der Waals surface area contributed by atoms with Gasteiger partial charge in [-0.3, -0.25) is 0 Å². The van der Waals surface area contributed by atoms with E-state index in [0.717, 1.165) is 19.5 Å². The Balaban J connectivity index is 2.57. The van der Waals surface area contributed by atoms with Crippen LogP contribution in [-0.4, -0.2) is 22.3 Å². The van der Waals surface area contributed by atoms with Crippen molar-refractivity contribution in [3.63, 3.8) is 0 Å². The molecule has 1 heterocycles. The standard InChI is InChI=1S/C15H30N3O/c1-5-6-7-18-9-8-17(4)15(18)11-16-14(12-19)10-13(2)3/h8-9,13-14,16,19H,5-7,10-12H2,1-4H3/q+1/t14-/m0/s1. The van der Waals surface area contributed by atoms with E-state index in [9.17, 15) is 5.11 Å². The van der Waals surface area contributed by atoms with E-state index in [1.165, 1.54) is 18.7 Å². The van der Waals surface area contributed by atoms with E-state index in [0.29, 0.717) is 5.92 Å². The first-order valence-corrected chi connectivity index (χ1v) is 7.46. The molecule has 0 aliphatic carbocycles. The average Bonchev–Trinajstić information content (AvgIpc) is 2.72. The van der Waals surface area contributed by atoms with Gasteiger partial charge in [0.25, 0.3) is 5.82 Å². The Morgan fingerprint density at radius 2 is 2.16 bits per heavy atom. The average molecular weight is 268 g/mol. The number of nitrogens with zero attached hydrogens (tertiary/aromatic N) is 2. The van der Waals surface area contributed by atoms with Crippen LogP contribution < -0.4 is 9.88 Å². The van der Waals surface area contributed by atoms with Crippen molar-refractivity contribution < 1.29 is 9.67 Å². The lowest BCUT2D eigenvalue weighted by Crippen LogP contribution is -2.40. The van der Waals surface area contributed by atoms with Gasteiger partial charge in [0.05, 0.1) is 26.7 Å². The topological polar surface area (TPSA) is 41.1 Å². The second kappa shape index (κ2) is 8.33. The molecular weight excluding hydrogens is 238 g/mol. The molecule has 110 valence electrons. The summed E-state index contributed by atoms with van der Waals surface area (Å²) in [6.07, 6.45) is 7.67. The predicted molar refractivity (Wildman–Crippen MR) is 77.7 cm³/mol. The molecule has 0 saturated heterocycles. The first-order chi connectivity index (χ1) is 9.08. The summed E-state index contributed by atoms with van der Waals surface area (Å²) in [5.41, 5.74) is 0. The van der Waals surface area contributed by atoms with E-state index < -0.39 is 0 Å². The van der Waals surface area contributed by atoms with E-state index in [-0.39, 0.29) is 12.6 Å². The Labute approximate surface area is 117 Å². The summed E-state index contributed by atoms with van der Waals surface area (Å²) in [5, 5.41) is 12.9. The van der Waals surface area contributed by atoms with E-state index in [1.54, 1.807) is 0 Å². The molecule has 0 aliphatic heterocycles. The number of rotatable bonds is 9. The molecule has 0 bridgehead atoms. The lowest BCUT2D eigenvalue weighted by Gasteiger charge is -2.17. The quantitative estimate of drug-likeness (QED) is 0.668. The van der Waals surface area contributed by atoms with Crippen molar-refractivity contribution >= 4 is 0 Å². The summed E-state index contributed by atoms with van der Waals surface area (Å²) in [4.78, 5) is 0. The molecule has 2 N–H and O–H groups in total. The number of aliphatic hydroxyl groups is 1. The van der Waals surface area contributed by atoms with Crippen molar-refractivity contribution in [3.8, 4) is 0 Å². The Bertz CT molecular complexity index is 360. The maximum absolute atomic E-state index is 9.41. The Hall–Kier alpha value is -0.870. The molecule has 1 aromatic rings. The van der Waals surface area contributed by atoms with Crippen LogP contribution in [0.5, 0.6) is 0 Å². The van der Waals surface area contributed by atoms with Gasteiger partial charge in [-0.2, -0.15) is 0 Å². The normalized spacial score (nSPS) is 13.2. The van der Waals surface area contributed by atoms with Gasteiger partial charge in [-0.05, 0) is 18.8 Å². The minimum Gasteiger partial charge on any atom is -0.395 e. The number of aliphatic hydroxyl groups excluding tert-OH is 1. The Kier molecular flexibility index (Phi) is 7.10. The molecule has 1 atom stereocenters. The maximum Gasteiger partial charge on any atom is 0.270 e. The largest absolute Gasteiger partial charge is 0.395 e. The SMILES string of the molecule is CCCCn1cc[n+](C)c1CN[C@H](CO)CC(C)C. The number of unbranched alkanes of at least 4 members (excludes halogenated alkanes) is 1. The van der Waals surface area contributed by atoms with E-state index >= 15 is 0 Å². The minimum absolute atomic E-state index is 0.189. The second-order valence-electron chi connectivity index (χ2n) is 5.76. The number of aromatic nitrogens is 2. The van der Waals surface area contributed by atoms with Crippen LogP contribution in [0.3, 0.4) is 0 Å². The molecule has 0 amide bonds. The first kappa shape index (κ1) is 16.2. The number of hydrogen-bond acceptors (Lipinski definition) is 2. The highest BCUT2D eigenvalue weighted by molar-refractivity contribution is 4.84. The molecule has 0 radical (unpaired) electrons. The van der Waals surface area contributed by atoms with Crippen molar-refractivity contribution in [3.05, 3.63) is 18.2 Å². The Morgan fingerprint density at radius 1 is 1.42 bits per heavy atom. The number of hydrogen-bond donors (Lipinski definition) is 2. The van der Waals surface area contributed by atoms with Crippen LogP contribution in [0.4, 0.5) is 0 Å². The highest BCUT2D eigenvalue weighted by atomic mass is 16.3. The number of aryl methyl sites for hydroxylation is 2. The van der Waals surface area contributed by atoms with Gasteiger partial charge in [-0.1, -0.05) is 27.2 Å². The lowest BCUT2D eigenvalue weighted by molar-refractivity contribution is -0.679. The molecule has 4 heteroatoms. The fourth-order valence-electron chi connectivity index (χ4n) is 2.34. The second-order valence-corrected chi connectivity index (χ2v) is 5.76. The van der Waals surface area contributed by atoms with Crippen molar-refractivity contribution in [2.45, 2.75) is 59.2 Å². The number of nitrogens with one attached hydrogen (secondary N) is 1. The molecule has 0 aromatic carbocycles. The van der Waals surface area contributed by atoms with Crippen LogP contribution in [0.15, 0.2) is 12.4 Å². The van der Waals surface area contributed by atoms with Gasteiger partial charge in [0.2, 0.25) is 0 Å². The number of imidazole rings is 1. The van der Waals surface area contributed by atoms with Crippen molar-refractivity contribution in [2.24, 2.45) is 13.0 Å². The van der Waals surface area contributed by atoms with Gasteiger partial charge >= 0.3 is 0 Å². The summed E-state index contributed by atoms with van der Waals surface area (Å²) in [6.45, 7) is 8.68. The third-order valence-corrected chi connectivity index (χ3v) is 3.49. The molecule has 1 rings (SSSR count). The first-order valence-electron chi connectivity index (χ1n) is 7.46. The minimum atomic E-state index is 0.189. The van der Waals surface area contributed by atoms with Crippen LogP contribution in [0.2, 0.25) is 0 Å². The predicted octanol–water partition coefficient (Wildman–Crippen LogP) is 1.61. The summed E-state index contributed by atoms with van der Waals surface area (Å²) in [5.74, 6) is 1.88. The molecule has 0 spiro atoms. The van der Waals surface area contributed by atoms with E-state index in [2.05, 4.69) is 54.7 Å². The molecule has 4 nitrogen and oxygen atoms in total. The zero-order chi connectivity index (χ0) is 14.3. The van der Waals surface area contributed by atoms with Crippen LogP contribution in [0.25, 0.3) is 0 Å². The summed E-state index contributed by atoms with van der Waals surface area (Å²) in [6, 6.07) is 0.189. The van der Waals surface area contributed by atoms with Gasteiger partial charge < -0.3 is 10.4 Å².